The molecule has 0 bridgehead atoms. The first-order valence-electron chi connectivity index (χ1n) is 7.25. The second-order valence-corrected chi connectivity index (χ2v) is 5.82. The molecule has 0 N–H and O–H groups in total. The van der Waals surface area contributed by atoms with Crippen LogP contribution in [0.3, 0.4) is 0 Å². The fourth-order valence-electron chi connectivity index (χ4n) is 2.52. The van der Waals surface area contributed by atoms with E-state index >= 15 is 0 Å². The maximum Gasteiger partial charge on any atom is 0.223 e. The second kappa shape index (κ2) is 7.22. The molecule has 110 valence electrons. The Hall–Kier alpha value is -1.64. The van der Waals surface area contributed by atoms with E-state index in [1.165, 1.54) is 0 Å². The van der Waals surface area contributed by atoms with Crippen LogP contribution in [0.2, 0.25) is 0 Å². The van der Waals surface area contributed by atoms with Crippen molar-refractivity contribution in [1.82, 2.24) is 4.90 Å². The summed E-state index contributed by atoms with van der Waals surface area (Å²) in [5.41, 5.74) is 0.674. The van der Waals surface area contributed by atoms with Gasteiger partial charge in [-0.1, -0.05) is 37.3 Å². The SMILES string of the molecule is CC(CC(=O)N(C(C)C)C(C)C)C(=O)c1ccccc1. The highest BCUT2D eigenvalue weighted by Crippen LogP contribution is 2.16. The molecule has 1 amide bonds. The minimum absolute atomic E-state index is 0.0337. The lowest BCUT2D eigenvalue weighted by molar-refractivity contribution is -0.135. The summed E-state index contributed by atoms with van der Waals surface area (Å²) in [6.45, 7) is 9.83. The lowest BCUT2D eigenvalue weighted by Crippen LogP contribution is -2.43. The fourth-order valence-corrected chi connectivity index (χ4v) is 2.52. The molecule has 0 saturated heterocycles. The third kappa shape index (κ3) is 4.19. The van der Waals surface area contributed by atoms with Gasteiger partial charge >= 0.3 is 0 Å². The van der Waals surface area contributed by atoms with Crippen molar-refractivity contribution in [2.45, 2.75) is 53.1 Å². The van der Waals surface area contributed by atoms with Crippen LogP contribution in [-0.2, 0) is 4.79 Å². The van der Waals surface area contributed by atoms with Gasteiger partial charge in [0.1, 0.15) is 0 Å². The third-order valence-corrected chi connectivity index (χ3v) is 3.39. The molecule has 1 atom stereocenters. The monoisotopic (exact) mass is 275 g/mol. The summed E-state index contributed by atoms with van der Waals surface area (Å²) in [6, 6.07) is 9.47. The van der Waals surface area contributed by atoms with Crippen LogP contribution in [0.15, 0.2) is 30.3 Å². The van der Waals surface area contributed by atoms with Gasteiger partial charge in [-0.2, -0.15) is 0 Å². The van der Waals surface area contributed by atoms with Gasteiger partial charge in [0.2, 0.25) is 5.91 Å². The summed E-state index contributed by atoms with van der Waals surface area (Å²) in [6.07, 6.45) is 0.268. The average molecular weight is 275 g/mol. The van der Waals surface area contributed by atoms with Crippen LogP contribution in [0.1, 0.15) is 51.4 Å². The van der Waals surface area contributed by atoms with Gasteiger partial charge in [-0.25, -0.2) is 0 Å². The number of hydrogen-bond donors (Lipinski definition) is 0. The number of carbonyl (C=O) groups excluding carboxylic acids is 2. The Morgan fingerprint density at radius 1 is 0.950 bits per heavy atom. The van der Waals surface area contributed by atoms with Gasteiger partial charge in [0.05, 0.1) is 0 Å². The summed E-state index contributed by atoms with van der Waals surface area (Å²) >= 11 is 0. The molecule has 20 heavy (non-hydrogen) atoms. The lowest BCUT2D eigenvalue weighted by atomic mass is 9.95. The highest BCUT2D eigenvalue weighted by molar-refractivity contribution is 5.99. The van der Waals surface area contributed by atoms with E-state index in [0.29, 0.717) is 5.56 Å². The van der Waals surface area contributed by atoms with Gasteiger partial charge in [0.15, 0.2) is 5.78 Å². The first kappa shape index (κ1) is 16.4. The second-order valence-electron chi connectivity index (χ2n) is 5.82. The van der Waals surface area contributed by atoms with Crippen molar-refractivity contribution in [2.24, 2.45) is 5.92 Å². The molecule has 3 nitrogen and oxygen atoms in total. The maximum absolute atomic E-state index is 12.3. The predicted molar refractivity (Wildman–Crippen MR) is 81.7 cm³/mol. The predicted octanol–water partition coefficient (Wildman–Crippen LogP) is 3.54. The van der Waals surface area contributed by atoms with Gasteiger partial charge in [-0.3, -0.25) is 9.59 Å². The van der Waals surface area contributed by atoms with Crippen LogP contribution in [-0.4, -0.2) is 28.7 Å². The summed E-state index contributed by atoms with van der Waals surface area (Å²) in [5, 5.41) is 0. The molecular weight excluding hydrogens is 250 g/mol. The molecule has 1 aromatic carbocycles. The molecule has 1 rings (SSSR count). The van der Waals surface area contributed by atoms with Crippen molar-refractivity contribution in [1.29, 1.82) is 0 Å². The van der Waals surface area contributed by atoms with Gasteiger partial charge < -0.3 is 4.90 Å². The van der Waals surface area contributed by atoms with E-state index in [1.54, 1.807) is 12.1 Å². The molecule has 3 heteroatoms. The molecule has 0 radical (unpaired) electrons. The smallest absolute Gasteiger partial charge is 0.223 e. The standard InChI is InChI=1S/C17H25NO2/c1-12(2)18(13(3)4)16(19)11-14(5)17(20)15-9-7-6-8-10-15/h6-10,12-14H,11H2,1-5H3. The number of benzene rings is 1. The molecular formula is C17H25NO2. The number of Topliss-reactive ketones (excluding diaryl/α,β-unsaturated/α-hetero) is 1. The van der Waals surface area contributed by atoms with E-state index in [2.05, 4.69) is 0 Å². The summed E-state index contributed by atoms with van der Waals surface area (Å²) in [5.74, 6) is -0.205. The van der Waals surface area contributed by atoms with Gasteiger partial charge in [-0.05, 0) is 27.7 Å². The van der Waals surface area contributed by atoms with Crippen LogP contribution in [0.4, 0.5) is 0 Å². The zero-order valence-electron chi connectivity index (χ0n) is 13.1. The molecule has 0 fully saturated rings. The van der Waals surface area contributed by atoms with Crippen molar-refractivity contribution < 1.29 is 9.59 Å². The molecule has 1 unspecified atom stereocenters. The van der Waals surface area contributed by atoms with Crippen molar-refractivity contribution in [2.75, 3.05) is 0 Å². The minimum atomic E-state index is -0.287. The Bertz CT molecular complexity index is 443. The molecule has 1 aromatic rings. The van der Waals surface area contributed by atoms with E-state index < -0.39 is 0 Å². The Kier molecular flexibility index (Phi) is 5.93. The molecule has 0 aromatic heterocycles. The normalized spacial score (nSPS) is 12.6. The van der Waals surface area contributed by atoms with E-state index in [-0.39, 0.29) is 36.1 Å². The highest BCUT2D eigenvalue weighted by atomic mass is 16.2. The minimum Gasteiger partial charge on any atom is -0.338 e. The molecule has 0 aliphatic heterocycles. The van der Waals surface area contributed by atoms with Crippen molar-refractivity contribution >= 4 is 11.7 Å². The van der Waals surface area contributed by atoms with Crippen LogP contribution in [0.25, 0.3) is 0 Å². The Morgan fingerprint density at radius 2 is 1.45 bits per heavy atom. The number of ketones is 1. The summed E-state index contributed by atoms with van der Waals surface area (Å²) in [4.78, 5) is 26.5. The zero-order valence-corrected chi connectivity index (χ0v) is 13.1. The maximum atomic E-state index is 12.3. The van der Waals surface area contributed by atoms with Crippen LogP contribution < -0.4 is 0 Å². The van der Waals surface area contributed by atoms with Crippen LogP contribution >= 0.6 is 0 Å². The van der Waals surface area contributed by atoms with Gasteiger partial charge in [0, 0.05) is 30.0 Å². The quantitative estimate of drug-likeness (QED) is 0.745. The van der Waals surface area contributed by atoms with E-state index in [1.807, 2.05) is 57.7 Å². The van der Waals surface area contributed by atoms with Gasteiger partial charge in [-0.15, -0.1) is 0 Å². The molecule has 0 spiro atoms. The van der Waals surface area contributed by atoms with E-state index in [4.69, 9.17) is 0 Å². The first-order chi connectivity index (χ1) is 9.34. The molecule has 0 aliphatic rings. The largest absolute Gasteiger partial charge is 0.338 e. The van der Waals surface area contributed by atoms with E-state index in [9.17, 15) is 9.59 Å². The Balaban J connectivity index is 2.72. The van der Waals surface area contributed by atoms with E-state index in [0.717, 1.165) is 0 Å². The van der Waals surface area contributed by atoms with Crippen LogP contribution in [0, 0.1) is 5.92 Å². The topological polar surface area (TPSA) is 37.4 Å². The van der Waals surface area contributed by atoms with Crippen molar-refractivity contribution in [3.05, 3.63) is 35.9 Å². The zero-order chi connectivity index (χ0) is 15.3. The van der Waals surface area contributed by atoms with Crippen LogP contribution in [0.5, 0.6) is 0 Å². The molecule has 0 aliphatic carbocycles. The Labute approximate surface area is 122 Å². The number of nitrogens with zero attached hydrogens (tertiary/aromatic N) is 1. The highest BCUT2D eigenvalue weighted by Gasteiger charge is 2.25. The Morgan fingerprint density at radius 3 is 1.90 bits per heavy atom. The average Bonchev–Trinajstić information content (AvgIpc) is 2.37. The lowest BCUT2D eigenvalue weighted by Gasteiger charge is -2.31. The number of amides is 1. The van der Waals surface area contributed by atoms with Gasteiger partial charge in [0.25, 0.3) is 0 Å². The summed E-state index contributed by atoms with van der Waals surface area (Å²) in [7, 11) is 0. The number of carbonyl (C=O) groups is 2. The van der Waals surface area contributed by atoms with Crippen molar-refractivity contribution in [3.8, 4) is 0 Å². The molecule has 0 heterocycles. The number of rotatable bonds is 6. The fraction of sp³-hybridized carbons (Fsp3) is 0.529. The number of hydrogen-bond acceptors (Lipinski definition) is 2. The molecule has 0 saturated carbocycles. The van der Waals surface area contributed by atoms with Crippen molar-refractivity contribution in [3.63, 3.8) is 0 Å². The third-order valence-electron chi connectivity index (χ3n) is 3.39. The first-order valence-corrected chi connectivity index (χ1v) is 7.25. The summed E-state index contributed by atoms with van der Waals surface area (Å²) < 4.78 is 0.